The summed E-state index contributed by atoms with van der Waals surface area (Å²) in [6, 6.07) is 0. The largest absolute Gasteiger partial charge is 0.481 e. The van der Waals surface area contributed by atoms with Crippen molar-refractivity contribution in [2.45, 2.75) is 19.8 Å². The van der Waals surface area contributed by atoms with E-state index in [1.165, 1.54) is 6.92 Å². The molecule has 0 aromatic rings. The molecule has 6 heteroatoms. The highest BCUT2D eigenvalue weighted by molar-refractivity contribution is 8.13. The summed E-state index contributed by atoms with van der Waals surface area (Å²) in [4.78, 5) is 31.5. The maximum Gasteiger partial charge on any atom is 0.303 e. The third-order valence-corrected chi connectivity index (χ3v) is 2.22. The van der Waals surface area contributed by atoms with Crippen LogP contribution in [0.2, 0.25) is 0 Å². The molecule has 0 aromatic carbocycles. The van der Waals surface area contributed by atoms with Gasteiger partial charge >= 0.3 is 5.97 Å². The summed E-state index contributed by atoms with van der Waals surface area (Å²) in [5.74, 6) is -0.623. The third kappa shape index (κ3) is 9.05. The van der Waals surface area contributed by atoms with Gasteiger partial charge in [0.05, 0.1) is 6.42 Å². The highest BCUT2D eigenvalue weighted by Gasteiger charge is 2.05. The molecule has 0 radical (unpaired) electrons. The van der Waals surface area contributed by atoms with E-state index < -0.39 is 5.97 Å². The average molecular weight is 219 g/mol. The van der Waals surface area contributed by atoms with Crippen LogP contribution in [0.25, 0.3) is 0 Å². The molecule has 0 spiro atoms. The Bertz CT molecular complexity index is 229. The Hall–Kier alpha value is -1.04. The number of carboxylic acids is 1. The molecule has 0 saturated carbocycles. The van der Waals surface area contributed by atoms with E-state index in [9.17, 15) is 14.4 Å². The van der Waals surface area contributed by atoms with Gasteiger partial charge in [-0.25, -0.2) is 0 Å². The van der Waals surface area contributed by atoms with Crippen molar-refractivity contribution in [3.63, 3.8) is 0 Å². The van der Waals surface area contributed by atoms with Gasteiger partial charge in [-0.05, 0) is 0 Å². The van der Waals surface area contributed by atoms with Gasteiger partial charge in [-0.1, -0.05) is 11.8 Å². The van der Waals surface area contributed by atoms with Gasteiger partial charge in [0.25, 0.3) is 0 Å². The topological polar surface area (TPSA) is 83.5 Å². The van der Waals surface area contributed by atoms with Crippen molar-refractivity contribution in [2.24, 2.45) is 0 Å². The van der Waals surface area contributed by atoms with Crippen molar-refractivity contribution in [3.8, 4) is 0 Å². The highest BCUT2D eigenvalue weighted by Crippen LogP contribution is 2.06. The number of nitrogens with one attached hydrogen (secondary N) is 1. The van der Waals surface area contributed by atoms with E-state index in [0.29, 0.717) is 12.3 Å². The summed E-state index contributed by atoms with van der Waals surface area (Å²) in [5, 5.41) is 10.7. The monoisotopic (exact) mass is 219 g/mol. The van der Waals surface area contributed by atoms with E-state index in [2.05, 4.69) is 5.32 Å². The summed E-state index contributed by atoms with van der Waals surface area (Å²) in [5.41, 5.74) is 0. The summed E-state index contributed by atoms with van der Waals surface area (Å²) in [6.45, 7) is 1.83. The first kappa shape index (κ1) is 13.0. The number of carbonyl (C=O) groups excluding carboxylic acids is 2. The van der Waals surface area contributed by atoms with Gasteiger partial charge < -0.3 is 10.4 Å². The molecule has 0 aliphatic carbocycles. The van der Waals surface area contributed by atoms with Crippen molar-refractivity contribution in [2.75, 3.05) is 12.3 Å². The van der Waals surface area contributed by atoms with Gasteiger partial charge in [-0.15, -0.1) is 0 Å². The van der Waals surface area contributed by atoms with Gasteiger partial charge in [0, 0.05) is 25.6 Å². The van der Waals surface area contributed by atoms with E-state index in [0.717, 1.165) is 11.8 Å². The van der Waals surface area contributed by atoms with Crippen LogP contribution in [-0.4, -0.2) is 34.4 Å². The maximum absolute atomic E-state index is 11.0. The number of carboxylic acid groups (broad SMARTS) is 1. The summed E-state index contributed by atoms with van der Waals surface area (Å²) >= 11 is 1.04. The van der Waals surface area contributed by atoms with Gasteiger partial charge in [-0.2, -0.15) is 0 Å². The van der Waals surface area contributed by atoms with Crippen molar-refractivity contribution in [1.29, 1.82) is 0 Å². The van der Waals surface area contributed by atoms with E-state index in [1.807, 2.05) is 0 Å². The molecule has 0 rings (SSSR count). The minimum atomic E-state index is -0.971. The molecular weight excluding hydrogens is 206 g/mol. The lowest BCUT2D eigenvalue weighted by Gasteiger charge is -2.00. The lowest BCUT2D eigenvalue weighted by molar-refractivity contribution is -0.138. The van der Waals surface area contributed by atoms with Crippen LogP contribution in [0.3, 0.4) is 0 Å². The third-order valence-electron chi connectivity index (χ3n) is 1.28. The normalized spacial score (nSPS) is 9.50. The molecule has 0 aliphatic rings. The second-order valence-corrected chi connectivity index (χ2v) is 3.75. The first-order valence-corrected chi connectivity index (χ1v) is 5.13. The van der Waals surface area contributed by atoms with Crippen LogP contribution >= 0.6 is 11.8 Å². The zero-order valence-corrected chi connectivity index (χ0v) is 8.73. The molecule has 0 fully saturated rings. The molecule has 0 aromatic heterocycles. The molecule has 5 nitrogen and oxygen atoms in total. The minimum absolute atomic E-state index is 0.0417. The Morgan fingerprint density at radius 2 is 1.93 bits per heavy atom. The van der Waals surface area contributed by atoms with Crippen LogP contribution < -0.4 is 5.32 Å². The fraction of sp³-hybridized carbons (Fsp3) is 0.625. The fourth-order valence-electron chi connectivity index (χ4n) is 0.673. The zero-order chi connectivity index (χ0) is 11.0. The lowest BCUT2D eigenvalue weighted by atomic mass is 10.3. The first-order chi connectivity index (χ1) is 6.52. The van der Waals surface area contributed by atoms with Gasteiger partial charge in [0.1, 0.15) is 0 Å². The number of hydrogen-bond acceptors (Lipinski definition) is 4. The first-order valence-electron chi connectivity index (χ1n) is 4.14. The smallest absolute Gasteiger partial charge is 0.303 e. The fourth-order valence-corrected chi connectivity index (χ4v) is 1.35. The van der Waals surface area contributed by atoms with Crippen LogP contribution in [0.4, 0.5) is 0 Å². The van der Waals surface area contributed by atoms with Crippen LogP contribution in [0, 0.1) is 0 Å². The SMILES string of the molecule is CC(=O)NCCSC(=O)CCC(=O)O. The van der Waals surface area contributed by atoms with Crippen LogP contribution in [0.15, 0.2) is 0 Å². The molecular formula is C8H13NO4S. The highest BCUT2D eigenvalue weighted by atomic mass is 32.2. The average Bonchev–Trinajstić information content (AvgIpc) is 2.08. The Labute approximate surface area is 86.2 Å². The number of hydrogen-bond donors (Lipinski definition) is 2. The Balaban J connectivity index is 3.36. The second-order valence-electron chi connectivity index (χ2n) is 2.60. The molecule has 0 bridgehead atoms. The van der Waals surface area contributed by atoms with E-state index in [1.54, 1.807) is 0 Å². The quantitative estimate of drug-likeness (QED) is 0.625. The maximum atomic E-state index is 11.0. The van der Waals surface area contributed by atoms with Crippen molar-refractivity contribution in [1.82, 2.24) is 5.32 Å². The molecule has 0 unspecified atom stereocenters. The Morgan fingerprint density at radius 3 is 2.43 bits per heavy atom. The van der Waals surface area contributed by atoms with Crippen LogP contribution in [0.1, 0.15) is 19.8 Å². The molecule has 0 aliphatic heterocycles. The van der Waals surface area contributed by atoms with Crippen molar-refractivity contribution < 1.29 is 19.5 Å². The van der Waals surface area contributed by atoms with Crippen LogP contribution in [-0.2, 0) is 14.4 Å². The molecule has 2 N–H and O–H groups in total. The Morgan fingerprint density at radius 1 is 1.29 bits per heavy atom. The van der Waals surface area contributed by atoms with E-state index in [4.69, 9.17) is 5.11 Å². The molecule has 1 amide bonds. The standard InChI is InChI=1S/C8H13NO4S/c1-6(10)9-4-5-14-8(13)3-2-7(11)12/h2-5H2,1H3,(H,9,10)(H,11,12). The molecule has 0 heterocycles. The predicted octanol–water partition coefficient (Wildman–Crippen LogP) is 0.247. The van der Waals surface area contributed by atoms with E-state index in [-0.39, 0.29) is 23.9 Å². The summed E-state index contributed by atoms with van der Waals surface area (Å²) in [6.07, 6.45) is -0.0912. The molecule has 14 heavy (non-hydrogen) atoms. The minimum Gasteiger partial charge on any atom is -0.481 e. The van der Waals surface area contributed by atoms with Gasteiger partial charge in [-0.3, -0.25) is 14.4 Å². The number of amides is 1. The van der Waals surface area contributed by atoms with Crippen molar-refractivity contribution >= 4 is 28.8 Å². The van der Waals surface area contributed by atoms with Gasteiger partial charge in [0.2, 0.25) is 5.91 Å². The molecule has 0 atom stereocenters. The van der Waals surface area contributed by atoms with Gasteiger partial charge in [0.15, 0.2) is 5.12 Å². The van der Waals surface area contributed by atoms with Crippen LogP contribution in [0.5, 0.6) is 0 Å². The molecule has 0 saturated heterocycles. The predicted molar refractivity (Wildman–Crippen MR) is 53.0 cm³/mol. The number of thioether (sulfide) groups is 1. The summed E-state index contributed by atoms with van der Waals surface area (Å²) in [7, 11) is 0. The number of aliphatic carboxylic acids is 1. The van der Waals surface area contributed by atoms with E-state index >= 15 is 0 Å². The number of carbonyl (C=O) groups is 3. The lowest BCUT2D eigenvalue weighted by Crippen LogP contribution is -2.22. The molecule has 80 valence electrons. The zero-order valence-electron chi connectivity index (χ0n) is 7.91. The summed E-state index contributed by atoms with van der Waals surface area (Å²) < 4.78 is 0. The van der Waals surface area contributed by atoms with Crippen molar-refractivity contribution in [3.05, 3.63) is 0 Å². The number of rotatable bonds is 6. The Kier molecular flexibility index (Phi) is 6.82. The second kappa shape index (κ2) is 7.37.